The van der Waals surface area contributed by atoms with E-state index in [2.05, 4.69) is 72.6 Å². The van der Waals surface area contributed by atoms with Gasteiger partial charge in [0.25, 0.3) is 0 Å². The lowest BCUT2D eigenvalue weighted by Gasteiger charge is -2.29. The number of amides is 3. The van der Waals surface area contributed by atoms with Crippen LogP contribution in [-0.4, -0.2) is 93.4 Å². The smallest absolute Gasteiger partial charge is 0.407 e. The van der Waals surface area contributed by atoms with Gasteiger partial charge >= 0.3 is 6.09 Å². The third-order valence-electron chi connectivity index (χ3n) is 10.4. The molecule has 55 heavy (non-hydrogen) atoms. The number of hydrogen-bond acceptors (Lipinski definition) is 9. The fourth-order valence-corrected chi connectivity index (χ4v) is 7.44. The number of alkyl carbamates (subject to hydrolysis) is 1. The highest BCUT2D eigenvalue weighted by Gasteiger charge is 2.38. The summed E-state index contributed by atoms with van der Waals surface area (Å²) in [6, 6.07) is 12.9. The molecule has 0 radical (unpaired) electrons. The van der Waals surface area contributed by atoms with Gasteiger partial charge in [0.05, 0.1) is 49.2 Å². The molecule has 0 bridgehead atoms. The van der Waals surface area contributed by atoms with Crippen LogP contribution in [0.25, 0.3) is 28.4 Å². The summed E-state index contributed by atoms with van der Waals surface area (Å²) in [7, 11) is 2.69. The highest BCUT2D eigenvalue weighted by molar-refractivity contribution is 5.87. The van der Waals surface area contributed by atoms with Gasteiger partial charge in [-0.25, -0.2) is 19.8 Å². The molecule has 3 amide bonds. The van der Waals surface area contributed by atoms with Crippen molar-refractivity contribution in [1.82, 2.24) is 35.1 Å². The number of aromatic nitrogens is 4. The number of allylic oxidation sites excluding steroid dienone is 1. The molecule has 0 unspecified atom stereocenters. The Morgan fingerprint density at radius 1 is 0.927 bits per heavy atom. The van der Waals surface area contributed by atoms with Crippen LogP contribution in [0.15, 0.2) is 59.7 Å². The SMILES string of the molecule is COO/C=N/[C@H](C(=O)N1CCC[C@H]1c1ncc(-c2ccc(CC=Cc3ccc4[nH]c([C@@H]5CCCN5C(=O)[C@@H](NC(=O)OC)C(C)C)nc4c3)cc2)[nH]1)C(C)C. The van der Waals surface area contributed by atoms with Crippen LogP contribution in [0, 0.1) is 11.8 Å². The van der Waals surface area contributed by atoms with Crippen molar-refractivity contribution in [3.05, 3.63) is 77.5 Å². The minimum absolute atomic E-state index is 0.00399. The Bertz CT molecular complexity index is 2000. The maximum atomic E-state index is 13.5. The van der Waals surface area contributed by atoms with Crippen LogP contribution >= 0.6 is 0 Å². The number of aliphatic imine (C=N–C) groups is 1. The molecule has 2 aromatic carbocycles. The Labute approximate surface area is 321 Å². The van der Waals surface area contributed by atoms with Crippen molar-refractivity contribution in [2.24, 2.45) is 16.8 Å². The first-order chi connectivity index (χ1) is 26.6. The molecule has 2 aliphatic heterocycles. The molecule has 2 saturated heterocycles. The first kappa shape index (κ1) is 39.2. The second-order valence-electron chi connectivity index (χ2n) is 14.8. The van der Waals surface area contributed by atoms with Gasteiger partial charge in [-0.1, -0.05) is 70.2 Å². The summed E-state index contributed by atoms with van der Waals surface area (Å²) in [4.78, 5) is 72.9. The van der Waals surface area contributed by atoms with E-state index in [0.29, 0.717) is 13.1 Å². The fourth-order valence-electron chi connectivity index (χ4n) is 7.44. The lowest BCUT2D eigenvalue weighted by Crippen LogP contribution is -2.51. The van der Waals surface area contributed by atoms with Crippen molar-refractivity contribution in [3.63, 3.8) is 0 Å². The number of methoxy groups -OCH3 is 1. The molecular formula is C41H52N8O6. The zero-order valence-corrected chi connectivity index (χ0v) is 32.5. The fraction of sp³-hybridized carbons (Fsp3) is 0.463. The van der Waals surface area contributed by atoms with Crippen LogP contribution in [0.5, 0.6) is 0 Å². The van der Waals surface area contributed by atoms with Gasteiger partial charge in [0.1, 0.15) is 23.7 Å². The van der Waals surface area contributed by atoms with E-state index >= 15 is 0 Å². The van der Waals surface area contributed by atoms with E-state index < -0.39 is 18.2 Å². The number of carbonyl (C=O) groups is 3. The molecule has 2 fully saturated rings. The zero-order valence-electron chi connectivity index (χ0n) is 32.5. The van der Waals surface area contributed by atoms with Gasteiger partial charge in [-0.05, 0) is 72.8 Å². The third-order valence-corrected chi connectivity index (χ3v) is 10.4. The Balaban J connectivity index is 1.07. The molecule has 4 heterocycles. The van der Waals surface area contributed by atoms with Crippen molar-refractivity contribution >= 4 is 41.4 Å². The van der Waals surface area contributed by atoms with Crippen LogP contribution in [0.2, 0.25) is 0 Å². The molecule has 0 spiro atoms. The molecule has 14 nitrogen and oxygen atoms in total. The van der Waals surface area contributed by atoms with Crippen LogP contribution in [0.3, 0.4) is 0 Å². The van der Waals surface area contributed by atoms with Crippen LogP contribution in [-0.2, 0) is 30.5 Å². The highest BCUT2D eigenvalue weighted by Crippen LogP contribution is 2.34. The molecule has 14 heteroatoms. The van der Waals surface area contributed by atoms with Crippen molar-refractivity contribution in [2.75, 3.05) is 27.3 Å². The Morgan fingerprint density at radius 3 is 2.31 bits per heavy atom. The number of H-pyrrole nitrogens is 2. The van der Waals surface area contributed by atoms with E-state index in [0.717, 1.165) is 71.6 Å². The lowest BCUT2D eigenvalue weighted by molar-refractivity contribution is -0.188. The predicted molar refractivity (Wildman–Crippen MR) is 210 cm³/mol. The van der Waals surface area contributed by atoms with Gasteiger partial charge in [0, 0.05) is 13.1 Å². The number of aromatic amines is 2. The van der Waals surface area contributed by atoms with Gasteiger partial charge in [0.15, 0.2) is 0 Å². The first-order valence-electron chi connectivity index (χ1n) is 19.0. The lowest BCUT2D eigenvalue weighted by atomic mass is 10.0. The topological polar surface area (TPSA) is 167 Å². The second-order valence-corrected chi connectivity index (χ2v) is 14.8. The average Bonchev–Trinajstić information content (AvgIpc) is 4.01. The molecule has 0 aliphatic carbocycles. The summed E-state index contributed by atoms with van der Waals surface area (Å²) in [5.41, 5.74) is 5.86. The van der Waals surface area contributed by atoms with E-state index in [1.54, 1.807) is 0 Å². The third kappa shape index (κ3) is 9.07. The van der Waals surface area contributed by atoms with E-state index in [-0.39, 0.29) is 35.7 Å². The minimum atomic E-state index is -0.678. The summed E-state index contributed by atoms with van der Waals surface area (Å²) >= 11 is 0. The monoisotopic (exact) mass is 752 g/mol. The maximum Gasteiger partial charge on any atom is 0.407 e. The second kappa shape index (κ2) is 17.8. The van der Waals surface area contributed by atoms with Crippen molar-refractivity contribution in [1.29, 1.82) is 0 Å². The van der Waals surface area contributed by atoms with Crippen molar-refractivity contribution in [2.45, 2.75) is 84.0 Å². The maximum absolute atomic E-state index is 13.5. The summed E-state index contributed by atoms with van der Waals surface area (Å²) < 4.78 is 4.76. The molecule has 4 aromatic rings. The molecule has 2 aromatic heterocycles. The average molecular weight is 753 g/mol. The first-order valence-corrected chi connectivity index (χ1v) is 19.0. The molecular weight excluding hydrogens is 701 g/mol. The zero-order chi connectivity index (χ0) is 39.1. The Hall–Kier alpha value is -5.50. The van der Waals surface area contributed by atoms with E-state index in [4.69, 9.17) is 14.6 Å². The van der Waals surface area contributed by atoms with E-state index in [1.807, 2.05) is 55.8 Å². The van der Waals surface area contributed by atoms with Gasteiger partial charge in [-0.15, -0.1) is 0 Å². The number of nitrogens with zero attached hydrogens (tertiary/aromatic N) is 5. The Kier molecular flexibility index (Phi) is 12.7. The number of rotatable bonds is 14. The Morgan fingerprint density at radius 2 is 1.64 bits per heavy atom. The van der Waals surface area contributed by atoms with Crippen LogP contribution < -0.4 is 5.32 Å². The predicted octanol–water partition coefficient (Wildman–Crippen LogP) is 6.55. The number of ether oxygens (including phenoxy) is 1. The number of nitrogens with one attached hydrogen (secondary N) is 3. The molecule has 2 aliphatic rings. The van der Waals surface area contributed by atoms with Crippen LogP contribution in [0.1, 0.15) is 88.2 Å². The quantitative estimate of drug-likeness (QED) is 0.0565. The van der Waals surface area contributed by atoms with Crippen molar-refractivity contribution in [3.8, 4) is 11.3 Å². The van der Waals surface area contributed by atoms with Gasteiger partial charge in [-0.3, -0.25) is 9.59 Å². The van der Waals surface area contributed by atoms with Crippen LogP contribution in [0.4, 0.5) is 4.79 Å². The van der Waals surface area contributed by atoms with Crippen molar-refractivity contribution < 1.29 is 28.9 Å². The summed E-state index contributed by atoms with van der Waals surface area (Å²) in [5.74, 6) is 1.25. The normalized spacial score (nSPS) is 18.6. The van der Waals surface area contributed by atoms with Gasteiger partial charge in [0.2, 0.25) is 18.2 Å². The number of imidazole rings is 2. The standard InChI is InChI=1S/C41H52N8O6/c1-25(2)35(43-24-55-54-6)39(50)48-20-8-12-33(48)37-42-23-32(46-37)29-17-14-27(15-18-29)10-7-11-28-16-19-30-31(22-28)45-38(44-30)34-13-9-21-49(34)40(51)36(26(3)4)47-41(52)53-5/h7,11,14-19,22-26,33-36H,8-10,12-13,20-21H2,1-6H3,(H,42,46)(H,44,45)(H,47,52)/b11-7?,43-24+/t33-,34-,35-,36-/m0/s1. The largest absolute Gasteiger partial charge is 0.453 e. The molecule has 4 atom stereocenters. The highest BCUT2D eigenvalue weighted by atomic mass is 17.2. The molecule has 0 saturated carbocycles. The van der Waals surface area contributed by atoms with Gasteiger partial charge in [-0.2, -0.15) is 4.89 Å². The van der Waals surface area contributed by atoms with E-state index in [9.17, 15) is 14.4 Å². The summed E-state index contributed by atoms with van der Waals surface area (Å²) in [6.07, 6.45) is 10.8. The van der Waals surface area contributed by atoms with E-state index in [1.165, 1.54) is 26.2 Å². The number of fused-ring (bicyclic) bond motifs is 1. The minimum Gasteiger partial charge on any atom is -0.453 e. The summed E-state index contributed by atoms with van der Waals surface area (Å²) in [6.45, 7) is 9.00. The number of benzene rings is 2. The van der Waals surface area contributed by atoms with Gasteiger partial charge < -0.3 is 34.7 Å². The molecule has 3 N–H and O–H groups in total. The summed E-state index contributed by atoms with van der Waals surface area (Å²) in [5, 5.41) is 2.70. The number of likely N-dealkylation sites (tertiary alicyclic amines) is 2. The number of hydrogen-bond donors (Lipinski definition) is 3. The number of carbonyl (C=O) groups excluding carboxylic acids is 3. The molecule has 292 valence electrons. The molecule has 6 rings (SSSR count).